The molecule has 0 amide bonds. The van der Waals surface area contributed by atoms with Gasteiger partial charge in [-0.1, -0.05) is 105 Å². The molecule has 29 heavy (non-hydrogen) atoms. The summed E-state index contributed by atoms with van der Waals surface area (Å²) in [6, 6.07) is 18.4. The molecular weight excluding hydrogens is 360 g/mol. The van der Waals surface area contributed by atoms with Gasteiger partial charge in [-0.05, 0) is 38.1 Å². The van der Waals surface area contributed by atoms with Crippen LogP contribution in [-0.2, 0) is 4.74 Å². The summed E-state index contributed by atoms with van der Waals surface area (Å²) in [6.07, 6.45) is 2.33. The van der Waals surface area contributed by atoms with Crippen molar-refractivity contribution >= 4 is 0 Å². The Labute approximate surface area is 182 Å². The van der Waals surface area contributed by atoms with Crippen LogP contribution in [0.15, 0.2) is 60.7 Å². The molecule has 0 saturated carbocycles. The number of benzene rings is 2. The Morgan fingerprint density at radius 2 is 1.03 bits per heavy atom. The molecule has 0 radical (unpaired) electrons. The van der Waals surface area contributed by atoms with Crippen molar-refractivity contribution < 1.29 is 14.6 Å². The molecule has 0 heterocycles. The Morgan fingerprint density at radius 1 is 0.690 bits per heavy atom. The number of phenols is 1. The summed E-state index contributed by atoms with van der Waals surface area (Å²) < 4.78 is 10.7. The average Bonchev–Trinajstić information content (AvgIpc) is 2.74. The van der Waals surface area contributed by atoms with Crippen molar-refractivity contribution in [1.82, 2.24) is 0 Å². The Kier molecular flexibility index (Phi) is 39.9. The van der Waals surface area contributed by atoms with Crippen LogP contribution in [0.1, 0.15) is 82.1 Å². The maximum Gasteiger partial charge on any atom is 0.196 e. The first-order chi connectivity index (χ1) is 14.0. The topological polar surface area (TPSA) is 38.7 Å². The molecule has 0 aliphatic heterocycles. The van der Waals surface area contributed by atoms with Gasteiger partial charge in [0.15, 0.2) is 6.29 Å². The van der Waals surface area contributed by atoms with Crippen molar-refractivity contribution in [3.05, 3.63) is 60.7 Å². The van der Waals surface area contributed by atoms with Crippen LogP contribution in [0, 0.1) is 0 Å². The van der Waals surface area contributed by atoms with Gasteiger partial charge in [0.05, 0.1) is 0 Å². The van der Waals surface area contributed by atoms with Crippen LogP contribution < -0.4 is 4.74 Å². The zero-order chi connectivity index (χ0) is 23.3. The molecule has 0 bridgehead atoms. The van der Waals surface area contributed by atoms with E-state index in [1.807, 2.05) is 77.9 Å². The van der Waals surface area contributed by atoms with Crippen molar-refractivity contribution in [3.63, 3.8) is 0 Å². The van der Waals surface area contributed by atoms with E-state index < -0.39 is 0 Å². The highest BCUT2D eigenvalue weighted by molar-refractivity contribution is 5.21. The smallest absolute Gasteiger partial charge is 0.196 e. The first kappa shape index (κ1) is 34.5. The third-order valence-electron chi connectivity index (χ3n) is 2.20. The van der Waals surface area contributed by atoms with Crippen molar-refractivity contribution in [3.8, 4) is 11.5 Å². The first-order valence-corrected chi connectivity index (χ1v) is 11.1. The fourth-order valence-corrected chi connectivity index (χ4v) is 1.39. The van der Waals surface area contributed by atoms with Crippen molar-refractivity contribution in [2.24, 2.45) is 0 Å². The van der Waals surface area contributed by atoms with Gasteiger partial charge in [-0.25, -0.2) is 0 Å². The maximum absolute atomic E-state index is 8.63. The summed E-state index contributed by atoms with van der Waals surface area (Å²) in [5, 5.41) is 8.63. The molecule has 1 atom stereocenters. The summed E-state index contributed by atoms with van der Waals surface area (Å²) in [5.41, 5.74) is 0. The zero-order valence-corrected chi connectivity index (χ0v) is 20.7. The molecule has 0 aliphatic rings. The highest BCUT2D eigenvalue weighted by Crippen LogP contribution is 2.10. The molecule has 0 aromatic heterocycles. The van der Waals surface area contributed by atoms with Gasteiger partial charge in [-0.2, -0.15) is 0 Å². The van der Waals surface area contributed by atoms with Gasteiger partial charge in [0.1, 0.15) is 11.5 Å². The third kappa shape index (κ3) is 34.0. The maximum atomic E-state index is 8.63. The normalized spacial score (nSPS) is 8.90. The largest absolute Gasteiger partial charge is 0.508 e. The Hall–Kier alpha value is -2.00. The lowest BCUT2D eigenvalue weighted by atomic mass is 10.3. The van der Waals surface area contributed by atoms with Gasteiger partial charge in [-0.15, -0.1) is 0 Å². The molecule has 3 nitrogen and oxygen atoms in total. The molecule has 1 N–H and O–H groups in total. The number of ether oxygens (including phenoxy) is 2. The van der Waals surface area contributed by atoms with Crippen LogP contribution >= 0.6 is 0 Å². The molecular formula is C26H48O3. The van der Waals surface area contributed by atoms with Crippen molar-refractivity contribution in [2.75, 3.05) is 6.61 Å². The summed E-state index contributed by atoms with van der Waals surface area (Å²) in [5.74, 6) is 1.17. The van der Waals surface area contributed by atoms with Gasteiger partial charge in [0.25, 0.3) is 0 Å². The fourth-order valence-electron chi connectivity index (χ4n) is 1.39. The SMILES string of the molecule is CC.CC.CCC.CCC.CCOC(C)Oc1ccccc1.Oc1ccccc1. The van der Waals surface area contributed by atoms with E-state index >= 15 is 0 Å². The Balaban J connectivity index is -0.000000156. The van der Waals surface area contributed by atoms with E-state index in [2.05, 4.69) is 27.7 Å². The average molecular weight is 409 g/mol. The van der Waals surface area contributed by atoms with E-state index in [4.69, 9.17) is 14.6 Å². The predicted octanol–water partition coefficient (Wildman–Crippen LogP) is 8.73. The van der Waals surface area contributed by atoms with Crippen molar-refractivity contribution in [1.29, 1.82) is 0 Å². The molecule has 0 aliphatic carbocycles. The third-order valence-corrected chi connectivity index (χ3v) is 2.20. The van der Waals surface area contributed by atoms with Crippen molar-refractivity contribution in [2.45, 2.75) is 88.4 Å². The summed E-state index contributed by atoms with van der Waals surface area (Å²) in [4.78, 5) is 0. The zero-order valence-electron chi connectivity index (χ0n) is 20.7. The molecule has 170 valence electrons. The molecule has 0 saturated heterocycles. The van der Waals surface area contributed by atoms with E-state index in [-0.39, 0.29) is 6.29 Å². The second kappa shape index (κ2) is 33.6. The number of hydrogen-bond acceptors (Lipinski definition) is 3. The predicted molar refractivity (Wildman–Crippen MR) is 131 cm³/mol. The second-order valence-electron chi connectivity index (χ2n) is 5.20. The highest BCUT2D eigenvalue weighted by atomic mass is 16.7. The van der Waals surface area contributed by atoms with E-state index in [1.165, 1.54) is 12.8 Å². The molecule has 1 unspecified atom stereocenters. The fraction of sp³-hybridized carbons (Fsp3) is 0.538. The van der Waals surface area contributed by atoms with Crippen LogP contribution in [0.3, 0.4) is 0 Å². The molecule has 0 fully saturated rings. The van der Waals surface area contributed by atoms with Gasteiger partial charge in [-0.3, -0.25) is 0 Å². The highest BCUT2D eigenvalue weighted by Gasteiger charge is 2.00. The summed E-state index contributed by atoms with van der Waals surface area (Å²) >= 11 is 0. The number of para-hydroxylation sites is 2. The van der Waals surface area contributed by atoms with Crippen LogP contribution in [-0.4, -0.2) is 18.0 Å². The summed E-state index contributed by atoms with van der Waals surface area (Å²) in [7, 11) is 0. The molecule has 2 aromatic rings. The molecule has 2 rings (SSSR count). The van der Waals surface area contributed by atoms with Crippen LogP contribution in [0.4, 0.5) is 0 Å². The van der Waals surface area contributed by atoms with E-state index in [1.54, 1.807) is 24.3 Å². The van der Waals surface area contributed by atoms with Gasteiger partial charge < -0.3 is 14.6 Å². The monoisotopic (exact) mass is 408 g/mol. The molecule has 2 aromatic carbocycles. The molecule has 3 heteroatoms. The lowest BCUT2D eigenvalue weighted by molar-refractivity contribution is -0.0613. The minimum atomic E-state index is -0.169. The molecule has 0 spiro atoms. The standard InChI is InChI=1S/C10H14O2.C6H6O.2C3H8.2C2H6/c1-3-11-9(2)12-10-7-5-4-6-8-10;7-6-4-2-1-3-5-6;2*1-3-2;2*1-2/h4-9H,3H2,1-2H3;1-5,7H;2*3H2,1-2H3;2*1-2H3. The van der Waals surface area contributed by atoms with Crippen LogP contribution in [0.2, 0.25) is 0 Å². The van der Waals surface area contributed by atoms with Gasteiger partial charge in [0.2, 0.25) is 0 Å². The number of aromatic hydroxyl groups is 1. The lowest BCUT2D eigenvalue weighted by Gasteiger charge is -2.13. The quantitative estimate of drug-likeness (QED) is 0.514. The van der Waals surface area contributed by atoms with Gasteiger partial charge in [0, 0.05) is 6.61 Å². The minimum absolute atomic E-state index is 0.169. The summed E-state index contributed by atoms with van der Waals surface area (Å²) in [6.45, 7) is 21.0. The van der Waals surface area contributed by atoms with Crippen LogP contribution in [0.25, 0.3) is 0 Å². The van der Waals surface area contributed by atoms with E-state index in [0.29, 0.717) is 12.4 Å². The minimum Gasteiger partial charge on any atom is -0.508 e. The Bertz CT molecular complexity index is 456. The lowest BCUT2D eigenvalue weighted by Crippen LogP contribution is -2.15. The first-order valence-electron chi connectivity index (χ1n) is 11.1. The second-order valence-corrected chi connectivity index (χ2v) is 5.20. The van der Waals surface area contributed by atoms with Gasteiger partial charge >= 0.3 is 0 Å². The van der Waals surface area contributed by atoms with Crippen LogP contribution in [0.5, 0.6) is 11.5 Å². The van der Waals surface area contributed by atoms with E-state index in [9.17, 15) is 0 Å². The van der Waals surface area contributed by atoms with E-state index in [0.717, 1.165) is 5.75 Å². The number of hydrogen-bond donors (Lipinski definition) is 1. The number of phenolic OH excluding ortho intramolecular Hbond substituents is 1. The Morgan fingerprint density at radius 3 is 1.31 bits per heavy atom. The number of rotatable bonds is 4.